The zero-order chi connectivity index (χ0) is 13.4. The molecule has 0 spiro atoms. The smallest absolute Gasteiger partial charge is 0.144 e. The number of unbranched alkanes of at least 4 members (excludes halogenated alkanes) is 2. The third kappa shape index (κ3) is 4.47. The topological polar surface area (TPSA) is 38.5 Å². The van der Waals surface area contributed by atoms with Gasteiger partial charge in [-0.1, -0.05) is 26.7 Å². The number of hydrogen-bond acceptors (Lipinski definition) is 3. The van der Waals surface area contributed by atoms with Crippen molar-refractivity contribution in [1.82, 2.24) is 0 Å². The van der Waals surface area contributed by atoms with E-state index < -0.39 is 0 Å². The number of ether oxygens (including phenoxy) is 1. The Morgan fingerprint density at radius 2 is 1.94 bits per heavy atom. The summed E-state index contributed by atoms with van der Waals surface area (Å²) < 4.78 is 5.65. The minimum Gasteiger partial charge on any atom is -0.491 e. The maximum Gasteiger partial charge on any atom is 0.144 e. The lowest BCUT2D eigenvalue weighted by molar-refractivity contribution is 0.319. The fraction of sp³-hybridized carbons (Fsp3) is 0.600. The summed E-state index contributed by atoms with van der Waals surface area (Å²) in [5.74, 6) is 0.802. The average molecular weight is 250 g/mol. The fourth-order valence-corrected chi connectivity index (χ4v) is 1.83. The minimum absolute atomic E-state index is 0.715. The van der Waals surface area contributed by atoms with Crippen LogP contribution in [0, 0.1) is 0 Å². The molecule has 0 aliphatic carbocycles. The molecule has 3 heteroatoms. The fourth-order valence-electron chi connectivity index (χ4n) is 1.83. The van der Waals surface area contributed by atoms with E-state index in [2.05, 4.69) is 31.9 Å². The third-order valence-electron chi connectivity index (χ3n) is 3.00. The van der Waals surface area contributed by atoms with E-state index in [0.29, 0.717) is 12.3 Å². The Hall–Kier alpha value is -1.38. The maximum atomic E-state index is 5.91. The van der Waals surface area contributed by atoms with Crippen LogP contribution in [0.25, 0.3) is 0 Å². The van der Waals surface area contributed by atoms with Crippen molar-refractivity contribution in [2.24, 2.45) is 0 Å². The van der Waals surface area contributed by atoms with Crippen LogP contribution in [0.3, 0.4) is 0 Å². The SMILES string of the molecule is CCCCCN(C)c1ccc(N)c(OCCC)c1. The van der Waals surface area contributed by atoms with Crippen LogP contribution < -0.4 is 15.4 Å². The van der Waals surface area contributed by atoms with Crippen LogP contribution >= 0.6 is 0 Å². The predicted octanol–water partition coefficient (Wildman–Crippen LogP) is 3.68. The molecule has 0 bridgehead atoms. The Morgan fingerprint density at radius 3 is 2.61 bits per heavy atom. The van der Waals surface area contributed by atoms with Crippen LogP contribution in [0.2, 0.25) is 0 Å². The molecule has 1 aromatic rings. The van der Waals surface area contributed by atoms with Crippen molar-refractivity contribution >= 4 is 11.4 Å². The largest absolute Gasteiger partial charge is 0.491 e. The first-order valence-electron chi connectivity index (χ1n) is 6.92. The molecule has 0 fully saturated rings. The van der Waals surface area contributed by atoms with Gasteiger partial charge < -0.3 is 15.4 Å². The molecular weight excluding hydrogens is 224 g/mol. The van der Waals surface area contributed by atoms with Crippen LogP contribution in [-0.4, -0.2) is 20.2 Å². The normalized spacial score (nSPS) is 10.4. The minimum atomic E-state index is 0.715. The summed E-state index contributed by atoms with van der Waals surface area (Å²) in [5, 5.41) is 0. The molecule has 0 heterocycles. The maximum absolute atomic E-state index is 5.91. The van der Waals surface area contributed by atoms with Gasteiger partial charge in [0.1, 0.15) is 5.75 Å². The molecule has 0 saturated carbocycles. The lowest BCUT2D eigenvalue weighted by Gasteiger charge is -2.20. The first-order chi connectivity index (χ1) is 8.69. The van der Waals surface area contributed by atoms with Crippen LogP contribution in [-0.2, 0) is 0 Å². The molecule has 3 nitrogen and oxygen atoms in total. The molecule has 102 valence electrons. The van der Waals surface area contributed by atoms with E-state index in [0.717, 1.165) is 18.7 Å². The molecule has 2 N–H and O–H groups in total. The molecule has 0 radical (unpaired) electrons. The van der Waals surface area contributed by atoms with Gasteiger partial charge in [0.25, 0.3) is 0 Å². The summed E-state index contributed by atoms with van der Waals surface area (Å²) in [6.45, 7) is 6.11. The summed E-state index contributed by atoms with van der Waals surface area (Å²) in [6.07, 6.45) is 4.75. The highest BCUT2D eigenvalue weighted by atomic mass is 16.5. The highest BCUT2D eigenvalue weighted by Crippen LogP contribution is 2.27. The highest BCUT2D eigenvalue weighted by Gasteiger charge is 2.05. The Bertz CT molecular complexity index is 352. The van der Waals surface area contributed by atoms with Crippen molar-refractivity contribution in [3.8, 4) is 5.75 Å². The van der Waals surface area contributed by atoms with E-state index in [4.69, 9.17) is 10.5 Å². The molecule has 0 atom stereocenters. The second-order valence-electron chi connectivity index (χ2n) is 4.70. The lowest BCUT2D eigenvalue weighted by Crippen LogP contribution is -2.18. The third-order valence-corrected chi connectivity index (χ3v) is 3.00. The number of anilines is 2. The van der Waals surface area contributed by atoms with Gasteiger partial charge in [-0.05, 0) is 25.0 Å². The molecule has 0 amide bonds. The van der Waals surface area contributed by atoms with Crippen LogP contribution in [0.4, 0.5) is 11.4 Å². The highest BCUT2D eigenvalue weighted by molar-refractivity contribution is 5.62. The van der Waals surface area contributed by atoms with Gasteiger partial charge in [-0.15, -0.1) is 0 Å². The molecule has 0 aliphatic rings. The zero-order valence-electron chi connectivity index (χ0n) is 11.9. The second-order valence-corrected chi connectivity index (χ2v) is 4.70. The molecule has 0 unspecified atom stereocenters. The van der Waals surface area contributed by atoms with Crippen molar-refractivity contribution in [3.63, 3.8) is 0 Å². The van der Waals surface area contributed by atoms with Gasteiger partial charge in [0.15, 0.2) is 0 Å². The monoisotopic (exact) mass is 250 g/mol. The van der Waals surface area contributed by atoms with Crippen molar-refractivity contribution in [2.45, 2.75) is 39.5 Å². The summed E-state index contributed by atoms with van der Waals surface area (Å²) >= 11 is 0. The van der Waals surface area contributed by atoms with Gasteiger partial charge in [-0.2, -0.15) is 0 Å². The van der Waals surface area contributed by atoms with Gasteiger partial charge >= 0.3 is 0 Å². The van der Waals surface area contributed by atoms with Crippen molar-refractivity contribution < 1.29 is 4.74 Å². The Morgan fingerprint density at radius 1 is 1.17 bits per heavy atom. The Balaban J connectivity index is 2.64. The Labute approximate surface area is 111 Å². The van der Waals surface area contributed by atoms with E-state index in [1.165, 1.54) is 24.9 Å². The molecule has 0 aliphatic heterocycles. The van der Waals surface area contributed by atoms with E-state index in [9.17, 15) is 0 Å². The van der Waals surface area contributed by atoms with Gasteiger partial charge in [0.2, 0.25) is 0 Å². The predicted molar refractivity (Wildman–Crippen MR) is 79.4 cm³/mol. The number of hydrogen-bond donors (Lipinski definition) is 1. The molecule has 1 aromatic carbocycles. The molecule has 18 heavy (non-hydrogen) atoms. The first kappa shape index (κ1) is 14.7. The number of nitrogen functional groups attached to an aromatic ring is 1. The van der Waals surface area contributed by atoms with Crippen molar-refractivity contribution in [2.75, 3.05) is 30.8 Å². The average Bonchev–Trinajstić information content (AvgIpc) is 2.38. The molecule has 0 saturated heterocycles. The molecular formula is C15H26N2O. The summed E-state index contributed by atoms with van der Waals surface area (Å²) in [6, 6.07) is 6.02. The van der Waals surface area contributed by atoms with Crippen molar-refractivity contribution in [3.05, 3.63) is 18.2 Å². The number of benzene rings is 1. The van der Waals surface area contributed by atoms with Crippen LogP contribution in [0.5, 0.6) is 5.75 Å². The van der Waals surface area contributed by atoms with Gasteiger partial charge in [0.05, 0.1) is 12.3 Å². The zero-order valence-corrected chi connectivity index (χ0v) is 11.9. The first-order valence-corrected chi connectivity index (χ1v) is 6.92. The van der Waals surface area contributed by atoms with Gasteiger partial charge in [-0.25, -0.2) is 0 Å². The number of nitrogens with two attached hydrogens (primary N) is 1. The second kappa shape index (κ2) is 7.85. The molecule has 1 rings (SSSR count). The standard InChI is InChI=1S/C15H26N2O/c1-4-6-7-10-17(3)13-8-9-14(16)15(12-13)18-11-5-2/h8-9,12H,4-7,10-11,16H2,1-3H3. The quantitative estimate of drug-likeness (QED) is 0.565. The van der Waals surface area contributed by atoms with Gasteiger partial charge in [-0.3, -0.25) is 0 Å². The van der Waals surface area contributed by atoms with E-state index in [1.807, 2.05) is 12.1 Å². The van der Waals surface area contributed by atoms with Gasteiger partial charge in [0, 0.05) is 25.3 Å². The van der Waals surface area contributed by atoms with E-state index in [-0.39, 0.29) is 0 Å². The van der Waals surface area contributed by atoms with E-state index >= 15 is 0 Å². The lowest BCUT2D eigenvalue weighted by atomic mass is 10.2. The Kier molecular flexibility index (Phi) is 6.40. The summed E-state index contributed by atoms with van der Waals surface area (Å²) in [5.41, 5.74) is 7.80. The summed E-state index contributed by atoms with van der Waals surface area (Å²) in [7, 11) is 2.12. The van der Waals surface area contributed by atoms with Crippen LogP contribution in [0.15, 0.2) is 18.2 Å². The van der Waals surface area contributed by atoms with E-state index in [1.54, 1.807) is 0 Å². The van der Waals surface area contributed by atoms with Crippen molar-refractivity contribution in [1.29, 1.82) is 0 Å². The number of rotatable bonds is 8. The number of nitrogens with zero attached hydrogens (tertiary/aromatic N) is 1. The van der Waals surface area contributed by atoms with Crippen LogP contribution in [0.1, 0.15) is 39.5 Å². The summed E-state index contributed by atoms with van der Waals surface area (Å²) in [4.78, 5) is 2.26. The molecule has 0 aromatic heterocycles.